The molecule has 26 heteroatoms. The van der Waals surface area contributed by atoms with E-state index in [4.69, 9.17) is 19.9 Å². The van der Waals surface area contributed by atoms with Crippen LogP contribution in [-0.2, 0) is 62.6 Å². The van der Waals surface area contributed by atoms with E-state index >= 15 is 0 Å². The Morgan fingerprint density at radius 1 is 0.662 bits per heavy atom. The zero-order valence-electron chi connectivity index (χ0n) is 42.9. The molecule has 0 aliphatic carbocycles. The Hall–Kier alpha value is -7.36. The fourth-order valence-electron chi connectivity index (χ4n) is 8.30. The van der Waals surface area contributed by atoms with Crippen LogP contribution in [-0.4, -0.2) is 192 Å². The zero-order valence-corrected chi connectivity index (χ0v) is 42.9. The number of nitrogens with one attached hydrogen (secondary N) is 3. The maximum atomic E-state index is 12.9. The number of anilines is 2. The van der Waals surface area contributed by atoms with Crippen molar-refractivity contribution in [3.63, 3.8) is 0 Å². The lowest BCUT2D eigenvalue weighted by Crippen LogP contribution is -2.47. The molecule has 0 spiro atoms. The molecular formula is C51H69N11O15. The molecule has 1 amide bonds. The first-order valence-electron chi connectivity index (χ1n) is 25.5. The van der Waals surface area contributed by atoms with Gasteiger partial charge >= 0.3 is 23.9 Å². The highest BCUT2D eigenvalue weighted by molar-refractivity contribution is 5.97. The summed E-state index contributed by atoms with van der Waals surface area (Å²) in [7, 11) is 0. The molecule has 0 radical (unpaired) electrons. The molecule has 4 heterocycles. The van der Waals surface area contributed by atoms with E-state index in [1.807, 2.05) is 0 Å². The number of aromatic nitrogens is 5. The second kappa shape index (κ2) is 32.3. The van der Waals surface area contributed by atoms with Crippen molar-refractivity contribution in [2.24, 2.45) is 0 Å². The van der Waals surface area contributed by atoms with Crippen LogP contribution in [0, 0.1) is 0 Å². The number of carbonyl (C=O) groups is 7. The first-order valence-corrected chi connectivity index (χ1v) is 25.5. The average molecular weight is 1080 g/mol. The van der Waals surface area contributed by atoms with Crippen molar-refractivity contribution in [2.45, 2.75) is 95.9 Å². The Morgan fingerprint density at radius 2 is 1.25 bits per heavy atom. The van der Waals surface area contributed by atoms with Crippen LogP contribution >= 0.6 is 0 Å². The predicted octanol–water partition coefficient (Wildman–Crippen LogP) is 1.82. The van der Waals surface area contributed by atoms with E-state index in [1.54, 1.807) is 45.0 Å². The number of carboxylic acid groups (broad SMARTS) is 4. The summed E-state index contributed by atoms with van der Waals surface area (Å²) in [5, 5.41) is 44.5. The van der Waals surface area contributed by atoms with E-state index in [-0.39, 0.29) is 132 Å². The van der Waals surface area contributed by atoms with Gasteiger partial charge in [0.05, 0.1) is 69.3 Å². The summed E-state index contributed by atoms with van der Waals surface area (Å²) in [4.78, 5) is 122. The van der Waals surface area contributed by atoms with Crippen LogP contribution in [0.25, 0.3) is 11.2 Å². The van der Waals surface area contributed by atoms with E-state index in [2.05, 4.69) is 35.6 Å². The number of hydrogen-bond acceptors (Lipinski definition) is 20. The number of rotatable bonds is 34. The van der Waals surface area contributed by atoms with Gasteiger partial charge in [0.1, 0.15) is 23.7 Å². The first-order chi connectivity index (χ1) is 37.0. The summed E-state index contributed by atoms with van der Waals surface area (Å²) in [6.07, 6.45) is 4.33. The second-order valence-electron chi connectivity index (χ2n) is 18.4. The molecule has 1 aromatic carbocycles. The number of Topliss-reactive ketones (excluding diaryl/α,β-unsaturated/α-hetero) is 2. The third kappa shape index (κ3) is 22.4. The number of nitrogen functional groups attached to an aromatic ring is 1. The highest BCUT2D eigenvalue weighted by Crippen LogP contribution is 2.17. The maximum absolute atomic E-state index is 12.9. The van der Waals surface area contributed by atoms with Crippen LogP contribution in [0.4, 0.5) is 11.6 Å². The summed E-state index contributed by atoms with van der Waals surface area (Å²) < 4.78 is 16.8. The molecule has 1 aliphatic rings. The number of ketones is 2. The topological polar surface area (TPSA) is 372 Å². The highest BCUT2D eigenvalue weighted by atomic mass is 16.5. The van der Waals surface area contributed by atoms with Crippen molar-refractivity contribution in [2.75, 3.05) is 90.0 Å². The van der Waals surface area contributed by atoms with Gasteiger partial charge in [-0.1, -0.05) is 6.07 Å². The summed E-state index contributed by atoms with van der Waals surface area (Å²) in [6, 6.07) is 9.30. The van der Waals surface area contributed by atoms with Crippen molar-refractivity contribution in [3.8, 4) is 0 Å². The maximum Gasteiger partial charge on any atom is 0.326 e. The molecule has 9 N–H and O–H groups in total. The first kappa shape index (κ1) is 60.5. The van der Waals surface area contributed by atoms with E-state index in [0.29, 0.717) is 88.1 Å². The monoisotopic (exact) mass is 1080 g/mol. The van der Waals surface area contributed by atoms with Crippen LogP contribution < -0.4 is 21.9 Å². The summed E-state index contributed by atoms with van der Waals surface area (Å²) in [5.74, 6) is -5.31. The molecule has 1 aliphatic heterocycles. The number of nitrogens with two attached hydrogens (primary N) is 1. The number of H-pyrrole nitrogens is 1. The number of hydrogen-bond donors (Lipinski definition) is 8. The number of carbonyl (C=O) groups excluding carboxylic acids is 3. The molecule has 0 fully saturated rings. The lowest BCUT2D eigenvalue weighted by Gasteiger charge is -2.32. The largest absolute Gasteiger partial charge is 0.480 e. The third-order valence-corrected chi connectivity index (χ3v) is 12.3. The van der Waals surface area contributed by atoms with Crippen molar-refractivity contribution in [1.29, 1.82) is 0 Å². The molecule has 2 bridgehead atoms. The zero-order chi connectivity index (χ0) is 55.5. The normalized spacial score (nSPS) is 14.4. The molecule has 2 atom stereocenters. The molecule has 77 heavy (non-hydrogen) atoms. The van der Waals surface area contributed by atoms with E-state index in [9.17, 15) is 58.8 Å². The smallest absolute Gasteiger partial charge is 0.326 e. The molecule has 4 aromatic rings. The predicted molar refractivity (Wildman–Crippen MR) is 277 cm³/mol. The number of ether oxygens (including phenoxy) is 3. The van der Waals surface area contributed by atoms with Crippen molar-refractivity contribution in [3.05, 3.63) is 81.7 Å². The molecule has 5 rings (SSSR count). The average Bonchev–Trinajstić information content (AvgIpc) is 3.38. The molecule has 3 aromatic heterocycles. The quantitative estimate of drug-likeness (QED) is 0.0309. The number of unbranched alkanes of at least 4 members (excludes halogenated alkanes) is 2. The van der Waals surface area contributed by atoms with Crippen LogP contribution in [0.15, 0.2) is 53.5 Å². The molecule has 26 nitrogen and oxygen atoms in total. The van der Waals surface area contributed by atoms with Gasteiger partial charge < -0.3 is 51.0 Å². The van der Waals surface area contributed by atoms with Gasteiger partial charge in [0.25, 0.3) is 11.5 Å². The number of nitrogens with zero attached hydrogens (tertiary/aromatic N) is 7. The second-order valence-corrected chi connectivity index (χ2v) is 18.4. The third-order valence-electron chi connectivity index (χ3n) is 12.3. The van der Waals surface area contributed by atoms with E-state index in [1.165, 1.54) is 18.3 Å². The number of amides is 1. The van der Waals surface area contributed by atoms with Gasteiger partial charge in [0.15, 0.2) is 11.2 Å². The number of aromatic amines is 1. The molecule has 0 saturated carbocycles. The van der Waals surface area contributed by atoms with Crippen molar-refractivity contribution >= 4 is 64.2 Å². The van der Waals surface area contributed by atoms with Gasteiger partial charge in [0, 0.05) is 89.4 Å². The summed E-state index contributed by atoms with van der Waals surface area (Å²) in [5.41, 5.74) is 7.68. The van der Waals surface area contributed by atoms with E-state index < -0.39 is 47.4 Å². The lowest BCUT2D eigenvalue weighted by atomic mass is 10.0. The molecule has 418 valence electrons. The Bertz CT molecular complexity index is 2660. The number of fused-ring (bicyclic) bond motifs is 3. The fraction of sp³-hybridized carbons (Fsp3) is 0.529. The van der Waals surface area contributed by atoms with Gasteiger partial charge in [-0.3, -0.25) is 58.2 Å². The molecule has 1 unspecified atom stereocenters. The molecule has 0 saturated heterocycles. The van der Waals surface area contributed by atoms with Crippen LogP contribution in [0.3, 0.4) is 0 Å². The van der Waals surface area contributed by atoms with Gasteiger partial charge in [-0.2, -0.15) is 4.98 Å². The lowest BCUT2D eigenvalue weighted by molar-refractivity contribution is -0.145. The standard InChI is InChI=1S/C51H69N11O15/c52-51-58-46-45(48(70)59-51)56-38(29-54-46)28-53-35-12-10-34(11-13-35)47(69)57-41(49(71)72)16-14-39(63)8-1-3-22-75-24-26-77-27-25-76-23-4-2-9-40(64)15-17-42(50(73)74)62-21-20-60(32-43(65)66)18-19-61(33-44(67)68)30-36-6-5-7-37(31-62)55-36/h5-7,10-13,29,41-42,53H,1-4,8-9,14-28,30-33H2,(H,57,69)(H,65,66)(H,67,68)(H,71,72)(H,73,74)(H3,52,54,58,59,70)/t41-,42?/m0/s1. The number of carboxylic acids is 4. The minimum atomic E-state index is -1.26. The van der Waals surface area contributed by atoms with Gasteiger partial charge in [-0.25, -0.2) is 14.8 Å². The summed E-state index contributed by atoms with van der Waals surface area (Å²) >= 11 is 0. The van der Waals surface area contributed by atoms with Gasteiger partial charge in [-0.05, 0) is 74.9 Å². The van der Waals surface area contributed by atoms with Gasteiger partial charge in [0.2, 0.25) is 5.95 Å². The number of aliphatic carboxylic acids is 4. The van der Waals surface area contributed by atoms with Gasteiger partial charge in [-0.15, -0.1) is 0 Å². The number of pyridine rings is 1. The number of benzene rings is 1. The van der Waals surface area contributed by atoms with E-state index in [0.717, 1.165) is 0 Å². The highest BCUT2D eigenvalue weighted by Gasteiger charge is 2.29. The minimum Gasteiger partial charge on any atom is -0.480 e. The summed E-state index contributed by atoms with van der Waals surface area (Å²) in [6.45, 7) is 3.12. The Kier molecular flexibility index (Phi) is 25.4. The van der Waals surface area contributed by atoms with Crippen LogP contribution in [0.1, 0.15) is 91.6 Å². The Morgan fingerprint density at radius 3 is 1.87 bits per heavy atom. The molecular weight excluding hydrogens is 1010 g/mol. The fourth-order valence-corrected chi connectivity index (χ4v) is 8.30. The Labute approximate surface area is 443 Å². The minimum absolute atomic E-state index is 0.0203. The Balaban J connectivity index is 0.871. The van der Waals surface area contributed by atoms with Crippen LogP contribution in [0.5, 0.6) is 0 Å². The SMILES string of the molecule is Nc1nc2ncc(CNc3ccc(C(=O)N[C@@H](CCC(=O)CCCCOCCOCCOCCCCC(=O)CCC(C(=O)O)N4CCN(CC(=O)O)CCN(CC(=O)O)Cc5cccc(n5)C4)C(=O)O)cc3)nc2c(=O)[nH]1. The van der Waals surface area contributed by atoms with Crippen molar-refractivity contribution in [1.82, 2.24) is 44.9 Å². The van der Waals surface area contributed by atoms with Crippen LogP contribution in [0.2, 0.25) is 0 Å². The van der Waals surface area contributed by atoms with Crippen molar-refractivity contribution < 1.29 is 68.2 Å².